The molecule has 1 aromatic carbocycles. The van der Waals surface area contributed by atoms with Crippen molar-refractivity contribution >= 4 is 0 Å². The number of hydrogen-bond acceptors (Lipinski definition) is 0. The van der Waals surface area contributed by atoms with E-state index in [-0.39, 0.29) is 0 Å². The molecular weight excluding hydrogens is 192 g/mol. The first-order chi connectivity index (χ1) is 7.59. The van der Waals surface area contributed by atoms with Gasteiger partial charge < -0.3 is 0 Å². The highest BCUT2D eigenvalue weighted by Crippen LogP contribution is 2.46. The van der Waals surface area contributed by atoms with E-state index < -0.39 is 0 Å². The lowest BCUT2D eigenvalue weighted by Gasteiger charge is -2.36. The van der Waals surface area contributed by atoms with E-state index in [1.54, 1.807) is 5.56 Å². The Hall–Kier alpha value is -0.780. The monoisotopic (exact) mass is 216 g/mol. The fourth-order valence-corrected chi connectivity index (χ4v) is 3.43. The van der Waals surface area contributed by atoms with Crippen LogP contribution < -0.4 is 0 Å². The van der Waals surface area contributed by atoms with E-state index in [0.717, 1.165) is 11.8 Å². The van der Waals surface area contributed by atoms with Gasteiger partial charge in [0.05, 0.1) is 0 Å². The summed E-state index contributed by atoms with van der Waals surface area (Å²) in [6, 6.07) is 11.1. The summed E-state index contributed by atoms with van der Waals surface area (Å²) in [4.78, 5) is 0. The number of hydrogen-bond donors (Lipinski definition) is 0. The molecule has 1 atom stereocenters. The van der Waals surface area contributed by atoms with Gasteiger partial charge in [0.15, 0.2) is 0 Å². The van der Waals surface area contributed by atoms with Crippen molar-refractivity contribution < 1.29 is 0 Å². The van der Waals surface area contributed by atoms with Crippen molar-refractivity contribution in [3.63, 3.8) is 0 Å². The standard InChI is InChI=1S/C16H24/c1-16(2,3)15(14-11-7-8-12-14)13-9-5-4-6-10-13/h4-6,9-10,14-15H,7-8,11-12H2,1-3H3. The van der Waals surface area contributed by atoms with Crippen LogP contribution in [0.3, 0.4) is 0 Å². The van der Waals surface area contributed by atoms with Crippen LogP contribution >= 0.6 is 0 Å². The fraction of sp³-hybridized carbons (Fsp3) is 0.625. The molecule has 0 aromatic heterocycles. The molecule has 1 aliphatic carbocycles. The molecule has 1 aliphatic rings. The van der Waals surface area contributed by atoms with Gasteiger partial charge in [-0.1, -0.05) is 63.9 Å². The molecule has 0 saturated heterocycles. The van der Waals surface area contributed by atoms with Gasteiger partial charge in [-0.15, -0.1) is 0 Å². The largest absolute Gasteiger partial charge is 0.0622 e. The van der Waals surface area contributed by atoms with Crippen molar-refractivity contribution in [2.45, 2.75) is 52.4 Å². The molecule has 2 rings (SSSR count). The Morgan fingerprint density at radius 2 is 1.56 bits per heavy atom. The third-order valence-corrected chi connectivity index (χ3v) is 3.96. The lowest BCUT2D eigenvalue weighted by molar-refractivity contribution is 0.236. The highest BCUT2D eigenvalue weighted by Gasteiger charge is 2.34. The highest BCUT2D eigenvalue weighted by molar-refractivity contribution is 5.22. The van der Waals surface area contributed by atoms with Crippen LogP contribution in [-0.4, -0.2) is 0 Å². The van der Waals surface area contributed by atoms with Crippen LogP contribution in [0.25, 0.3) is 0 Å². The third kappa shape index (κ3) is 2.48. The predicted molar refractivity (Wildman–Crippen MR) is 70.6 cm³/mol. The molecule has 0 N–H and O–H groups in total. The van der Waals surface area contributed by atoms with Crippen LogP contribution in [0.15, 0.2) is 30.3 Å². The summed E-state index contributed by atoms with van der Waals surface area (Å²) in [6.45, 7) is 7.18. The van der Waals surface area contributed by atoms with Crippen molar-refractivity contribution in [1.29, 1.82) is 0 Å². The van der Waals surface area contributed by atoms with Gasteiger partial charge in [-0.25, -0.2) is 0 Å². The lowest BCUT2D eigenvalue weighted by Crippen LogP contribution is -2.24. The summed E-state index contributed by atoms with van der Waals surface area (Å²) in [7, 11) is 0. The molecule has 1 unspecified atom stereocenters. The first kappa shape index (κ1) is 11.7. The van der Waals surface area contributed by atoms with Crippen molar-refractivity contribution in [3.8, 4) is 0 Å². The van der Waals surface area contributed by atoms with E-state index in [2.05, 4.69) is 51.1 Å². The minimum atomic E-state index is 0.385. The average molecular weight is 216 g/mol. The molecule has 0 radical (unpaired) electrons. The zero-order chi connectivity index (χ0) is 11.6. The average Bonchev–Trinajstić information content (AvgIpc) is 2.71. The van der Waals surface area contributed by atoms with Crippen LogP contribution in [0.1, 0.15) is 57.9 Å². The maximum atomic E-state index is 2.39. The van der Waals surface area contributed by atoms with E-state index >= 15 is 0 Å². The topological polar surface area (TPSA) is 0 Å². The Kier molecular flexibility index (Phi) is 3.37. The first-order valence-electron chi connectivity index (χ1n) is 6.64. The lowest BCUT2D eigenvalue weighted by atomic mass is 9.69. The first-order valence-corrected chi connectivity index (χ1v) is 6.64. The summed E-state index contributed by atoms with van der Waals surface area (Å²) < 4.78 is 0. The second-order valence-corrected chi connectivity index (χ2v) is 6.30. The van der Waals surface area contributed by atoms with Gasteiger partial charge >= 0.3 is 0 Å². The zero-order valence-electron chi connectivity index (χ0n) is 10.9. The van der Waals surface area contributed by atoms with Gasteiger partial charge in [-0.05, 0) is 35.7 Å². The van der Waals surface area contributed by atoms with E-state index in [0.29, 0.717) is 5.41 Å². The Morgan fingerprint density at radius 1 is 1.00 bits per heavy atom. The second-order valence-electron chi connectivity index (χ2n) is 6.30. The Balaban J connectivity index is 2.28. The molecule has 0 heterocycles. The molecule has 0 bridgehead atoms. The molecule has 1 fully saturated rings. The number of rotatable bonds is 2. The summed E-state index contributed by atoms with van der Waals surface area (Å²) in [6.07, 6.45) is 5.72. The van der Waals surface area contributed by atoms with Gasteiger partial charge in [0, 0.05) is 0 Å². The molecule has 0 aliphatic heterocycles. The van der Waals surface area contributed by atoms with E-state index in [4.69, 9.17) is 0 Å². The SMILES string of the molecule is CC(C)(C)C(c1ccccc1)C1CCCC1. The van der Waals surface area contributed by atoms with Crippen LogP contribution in [0.5, 0.6) is 0 Å². The molecule has 88 valence electrons. The molecular formula is C16H24. The van der Waals surface area contributed by atoms with Crippen LogP contribution in [0.4, 0.5) is 0 Å². The van der Waals surface area contributed by atoms with Gasteiger partial charge in [0.25, 0.3) is 0 Å². The fourth-order valence-electron chi connectivity index (χ4n) is 3.43. The third-order valence-electron chi connectivity index (χ3n) is 3.96. The van der Waals surface area contributed by atoms with Crippen LogP contribution in [-0.2, 0) is 0 Å². The van der Waals surface area contributed by atoms with Gasteiger partial charge in [0.1, 0.15) is 0 Å². The minimum absolute atomic E-state index is 0.385. The maximum absolute atomic E-state index is 2.39. The summed E-state index contributed by atoms with van der Waals surface area (Å²) >= 11 is 0. The van der Waals surface area contributed by atoms with Crippen molar-refractivity contribution in [2.75, 3.05) is 0 Å². The maximum Gasteiger partial charge on any atom is -0.00849 e. The zero-order valence-corrected chi connectivity index (χ0v) is 10.9. The molecule has 16 heavy (non-hydrogen) atoms. The summed E-state index contributed by atoms with van der Waals surface area (Å²) in [5.74, 6) is 1.64. The summed E-state index contributed by atoms with van der Waals surface area (Å²) in [5.41, 5.74) is 1.93. The van der Waals surface area contributed by atoms with Crippen LogP contribution in [0, 0.1) is 11.3 Å². The van der Waals surface area contributed by atoms with Crippen LogP contribution in [0.2, 0.25) is 0 Å². The second kappa shape index (κ2) is 4.61. The smallest absolute Gasteiger partial charge is 0.00849 e. The normalized spacial score (nSPS) is 19.9. The molecule has 1 aromatic rings. The van der Waals surface area contributed by atoms with E-state index in [9.17, 15) is 0 Å². The predicted octanol–water partition coefficient (Wildman–Crippen LogP) is 5.01. The Bertz CT molecular complexity index is 312. The highest BCUT2D eigenvalue weighted by atomic mass is 14.4. The van der Waals surface area contributed by atoms with E-state index in [1.165, 1.54) is 25.7 Å². The Labute approximate surface area is 100 Å². The molecule has 0 amide bonds. The van der Waals surface area contributed by atoms with Gasteiger partial charge in [-0.3, -0.25) is 0 Å². The van der Waals surface area contributed by atoms with Gasteiger partial charge in [-0.2, -0.15) is 0 Å². The molecule has 0 heteroatoms. The van der Waals surface area contributed by atoms with Crippen molar-refractivity contribution in [3.05, 3.63) is 35.9 Å². The molecule has 1 saturated carbocycles. The quantitative estimate of drug-likeness (QED) is 0.652. The summed E-state index contributed by atoms with van der Waals surface area (Å²) in [5, 5.41) is 0. The van der Waals surface area contributed by atoms with E-state index in [1.807, 2.05) is 0 Å². The van der Waals surface area contributed by atoms with Gasteiger partial charge in [0.2, 0.25) is 0 Å². The number of benzene rings is 1. The Morgan fingerprint density at radius 3 is 2.06 bits per heavy atom. The van der Waals surface area contributed by atoms with Crippen molar-refractivity contribution in [1.82, 2.24) is 0 Å². The minimum Gasteiger partial charge on any atom is -0.0622 e. The van der Waals surface area contributed by atoms with Crippen molar-refractivity contribution in [2.24, 2.45) is 11.3 Å². The molecule has 0 nitrogen and oxygen atoms in total. The molecule has 0 spiro atoms.